The average molecular weight is 594 g/mol. The summed E-state index contributed by atoms with van der Waals surface area (Å²) < 4.78 is 19.0. The van der Waals surface area contributed by atoms with Gasteiger partial charge in [-0.3, -0.25) is 24.1 Å². The highest BCUT2D eigenvalue weighted by Gasteiger charge is 2.39. The Bertz CT molecular complexity index is 1690. The maximum atomic E-state index is 14.2. The van der Waals surface area contributed by atoms with Crippen molar-refractivity contribution >= 4 is 34.9 Å². The average Bonchev–Trinajstić information content (AvgIpc) is 3.27. The first-order valence-electron chi connectivity index (χ1n) is 14.2. The van der Waals surface area contributed by atoms with Crippen LogP contribution in [0.25, 0.3) is 0 Å². The van der Waals surface area contributed by atoms with Gasteiger partial charge in [-0.1, -0.05) is 62.4 Å². The Kier molecular flexibility index (Phi) is 8.85. The maximum absolute atomic E-state index is 14.2. The van der Waals surface area contributed by atoms with Gasteiger partial charge in [0.15, 0.2) is 0 Å². The molecule has 0 saturated carbocycles. The number of halogens is 1. The topological polar surface area (TPSA) is 96.0 Å². The number of benzene rings is 4. The Hall–Kier alpha value is -5.31. The van der Waals surface area contributed by atoms with Crippen molar-refractivity contribution in [3.8, 4) is 5.75 Å². The number of hydrogen-bond acceptors (Lipinski definition) is 5. The van der Waals surface area contributed by atoms with Crippen molar-refractivity contribution in [3.63, 3.8) is 0 Å². The molecule has 44 heavy (non-hydrogen) atoms. The van der Waals surface area contributed by atoms with E-state index in [-0.39, 0.29) is 18.0 Å². The summed E-state index contributed by atoms with van der Waals surface area (Å²) in [7, 11) is 1.54. The monoisotopic (exact) mass is 593 g/mol. The van der Waals surface area contributed by atoms with E-state index in [1.54, 1.807) is 61.7 Å². The van der Waals surface area contributed by atoms with Crippen LogP contribution in [0.5, 0.6) is 5.75 Å². The zero-order chi connectivity index (χ0) is 31.4. The Balaban J connectivity index is 1.55. The van der Waals surface area contributed by atoms with Crippen molar-refractivity contribution in [1.29, 1.82) is 0 Å². The number of carbonyl (C=O) groups is 4. The van der Waals surface area contributed by atoms with Crippen molar-refractivity contribution in [3.05, 3.63) is 125 Å². The number of carbonyl (C=O) groups excluding carboxylic acids is 4. The lowest BCUT2D eigenvalue weighted by molar-refractivity contribution is -0.139. The van der Waals surface area contributed by atoms with Crippen LogP contribution in [0, 0.1) is 5.82 Å². The van der Waals surface area contributed by atoms with Crippen LogP contribution in [0.2, 0.25) is 0 Å². The molecule has 1 aliphatic rings. The van der Waals surface area contributed by atoms with Crippen LogP contribution < -0.4 is 15.0 Å². The van der Waals surface area contributed by atoms with Gasteiger partial charge >= 0.3 is 0 Å². The molecule has 0 radical (unpaired) electrons. The number of methoxy groups -OCH3 is 1. The van der Waals surface area contributed by atoms with Gasteiger partial charge in [-0.25, -0.2) is 4.39 Å². The fraction of sp³-hybridized carbons (Fsp3) is 0.200. The van der Waals surface area contributed by atoms with Gasteiger partial charge in [-0.15, -0.1) is 0 Å². The van der Waals surface area contributed by atoms with Gasteiger partial charge in [0.25, 0.3) is 17.6 Å². The summed E-state index contributed by atoms with van der Waals surface area (Å²) in [6, 6.07) is 25.2. The first-order chi connectivity index (χ1) is 21.2. The third-order valence-electron chi connectivity index (χ3n) is 7.60. The number of nitrogens with one attached hydrogen (secondary N) is 1. The molecule has 4 aromatic rings. The molecular formula is C35H32FN3O5. The lowest BCUT2D eigenvalue weighted by Gasteiger charge is -2.33. The highest BCUT2D eigenvalue weighted by Crippen LogP contribution is 2.31. The first-order valence-corrected chi connectivity index (χ1v) is 14.2. The van der Waals surface area contributed by atoms with Crippen LogP contribution >= 0.6 is 0 Å². The number of anilines is 2. The van der Waals surface area contributed by atoms with Crippen molar-refractivity contribution < 1.29 is 28.3 Å². The molecule has 0 bridgehead atoms. The van der Waals surface area contributed by atoms with Crippen molar-refractivity contribution in [2.45, 2.75) is 32.4 Å². The van der Waals surface area contributed by atoms with Gasteiger partial charge in [0, 0.05) is 12.2 Å². The van der Waals surface area contributed by atoms with E-state index in [0.717, 1.165) is 10.5 Å². The molecule has 0 spiro atoms. The SMILES string of the molecule is COc1ccc(NC(=O)[C@H](c2ccc(C(C)C)cc2)N(Cc2ccc(F)cc2)C(=O)CN2C(=O)C(=O)c3ccccc32)cc1. The summed E-state index contributed by atoms with van der Waals surface area (Å²) in [6.07, 6.45) is 0. The molecule has 0 fully saturated rings. The van der Waals surface area contributed by atoms with Crippen molar-refractivity contribution in [2.75, 3.05) is 23.9 Å². The van der Waals surface area contributed by atoms with Gasteiger partial charge in [0.05, 0.1) is 18.4 Å². The second-order valence-corrected chi connectivity index (χ2v) is 10.8. The minimum atomic E-state index is -1.14. The quantitative estimate of drug-likeness (QED) is 0.231. The Morgan fingerprint density at radius 2 is 1.50 bits per heavy atom. The Labute approximate surface area is 255 Å². The molecule has 4 aromatic carbocycles. The van der Waals surface area contributed by atoms with E-state index in [9.17, 15) is 23.6 Å². The lowest BCUT2D eigenvalue weighted by atomic mass is 9.97. The zero-order valence-electron chi connectivity index (χ0n) is 24.6. The largest absolute Gasteiger partial charge is 0.497 e. The van der Waals surface area contributed by atoms with Crippen LogP contribution in [-0.2, 0) is 20.9 Å². The number of nitrogens with zero attached hydrogens (tertiary/aromatic N) is 2. The standard InChI is InChI=1S/C35H32FN3O5/c1-22(2)24-10-12-25(13-11-24)32(34(42)37-27-16-18-28(44-3)19-17-27)39(20-23-8-14-26(36)15-9-23)31(40)21-38-30-7-5-4-6-29(30)33(41)35(38)43/h4-19,22,32H,20-21H2,1-3H3,(H,37,42)/t32-/m0/s1. The van der Waals surface area contributed by atoms with Crippen LogP contribution in [0.3, 0.4) is 0 Å². The second kappa shape index (κ2) is 12.9. The van der Waals surface area contributed by atoms with E-state index in [1.807, 2.05) is 12.1 Å². The fourth-order valence-electron chi connectivity index (χ4n) is 5.16. The van der Waals surface area contributed by atoms with Gasteiger partial charge in [0.1, 0.15) is 24.2 Å². The van der Waals surface area contributed by atoms with Gasteiger partial charge < -0.3 is 15.0 Å². The van der Waals surface area contributed by atoms with Crippen LogP contribution in [0.15, 0.2) is 97.1 Å². The molecule has 0 saturated heterocycles. The number of amides is 3. The van der Waals surface area contributed by atoms with E-state index < -0.39 is 41.9 Å². The summed E-state index contributed by atoms with van der Waals surface area (Å²) in [5.74, 6) is -2.17. The second-order valence-electron chi connectivity index (χ2n) is 10.8. The van der Waals surface area contributed by atoms with Crippen LogP contribution in [0.4, 0.5) is 15.8 Å². The molecule has 0 aromatic heterocycles. The van der Waals surface area contributed by atoms with E-state index in [2.05, 4.69) is 19.2 Å². The maximum Gasteiger partial charge on any atom is 0.299 e. The zero-order valence-corrected chi connectivity index (χ0v) is 24.6. The molecule has 5 rings (SSSR count). The molecule has 1 heterocycles. The molecule has 8 nitrogen and oxygen atoms in total. The number of fused-ring (bicyclic) bond motifs is 1. The number of ketones is 1. The Morgan fingerprint density at radius 3 is 2.14 bits per heavy atom. The molecule has 1 aliphatic heterocycles. The lowest BCUT2D eigenvalue weighted by Crippen LogP contribution is -2.46. The molecule has 0 unspecified atom stereocenters. The predicted molar refractivity (Wildman–Crippen MR) is 165 cm³/mol. The van der Waals surface area contributed by atoms with E-state index in [4.69, 9.17) is 4.74 Å². The summed E-state index contributed by atoms with van der Waals surface area (Å²) in [5.41, 5.74) is 3.21. The summed E-state index contributed by atoms with van der Waals surface area (Å²) >= 11 is 0. The minimum Gasteiger partial charge on any atom is -0.497 e. The first kappa shape index (κ1) is 30.2. The number of Topliss-reactive ketones (excluding diaryl/α,β-unsaturated/α-hetero) is 1. The number of hydrogen-bond donors (Lipinski definition) is 1. The van der Waals surface area contributed by atoms with Gasteiger partial charge in [0.2, 0.25) is 5.91 Å². The third kappa shape index (κ3) is 6.36. The number of rotatable bonds is 10. The normalized spacial score (nSPS) is 13.1. The fourth-order valence-corrected chi connectivity index (χ4v) is 5.16. The molecule has 3 amide bonds. The van der Waals surface area contributed by atoms with E-state index >= 15 is 0 Å². The van der Waals surface area contributed by atoms with Gasteiger partial charge in [-0.05, 0) is 71.1 Å². The minimum absolute atomic E-state index is 0.0661. The summed E-state index contributed by atoms with van der Waals surface area (Å²) in [5, 5.41) is 2.90. The number of para-hydroxylation sites is 1. The van der Waals surface area contributed by atoms with Crippen LogP contribution in [-0.4, -0.2) is 42.1 Å². The van der Waals surface area contributed by atoms with E-state index in [1.165, 1.54) is 35.2 Å². The summed E-state index contributed by atoms with van der Waals surface area (Å²) in [4.78, 5) is 56.4. The summed E-state index contributed by atoms with van der Waals surface area (Å²) in [6.45, 7) is 3.57. The van der Waals surface area contributed by atoms with Crippen molar-refractivity contribution in [2.24, 2.45) is 0 Å². The molecule has 1 N–H and O–H groups in total. The molecule has 0 aliphatic carbocycles. The van der Waals surface area contributed by atoms with E-state index in [0.29, 0.717) is 28.3 Å². The molecule has 1 atom stereocenters. The highest BCUT2D eigenvalue weighted by atomic mass is 19.1. The smallest absolute Gasteiger partial charge is 0.299 e. The predicted octanol–water partition coefficient (Wildman–Crippen LogP) is 5.90. The molecular weight excluding hydrogens is 561 g/mol. The molecule has 224 valence electrons. The van der Waals surface area contributed by atoms with Gasteiger partial charge in [-0.2, -0.15) is 0 Å². The third-order valence-corrected chi connectivity index (χ3v) is 7.60. The van der Waals surface area contributed by atoms with Crippen molar-refractivity contribution in [1.82, 2.24) is 4.90 Å². The Morgan fingerprint density at radius 1 is 0.864 bits per heavy atom. The molecule has 9 heteroatoms. The van der Waals surface area contributed by atoms with Crippen LogP contribution in [0.1, 0.15) is 52.9 Å². The highest BCUT2D eigenvalue weighted by molar-refractivity contribution is 6.52. The number of ether oxygens (including phenoxy) is 1.